The summed E-state index contributed by atoms with van der Waals surface area (Å²) in [6, 6.07) is 8.08. The Balaban J connectivity index is 1.89. The van der Waals surface area contributed by atoms with Crippen molar-refractivity contribution in [2.24, 2.45) is 7.05 Å². The quantitative estimate of drug-likeness (QED) is 0.808. The lowest BCUT2D eigenvalue weighted by atomic mass is 10.2. The Morgan fingerprint density at radius 2 is 2.00 bits per heavy atom. The van der Waals surface area contributed by atoms with Crippen molar-refractivity contribution in [2.45, 2.75) is 6.92 Å². The molecule has 0 radical (unpaired) electrons. The number of hydrogen-bond donors (Lipinski definition) is 1. The van der Waals surface area contributed by atoms with Crippen LogP contribution in [0.4, 0.5) is 10.1 Å². The van der Waals surface area contributed by atoms with E-state index in [0.29, 0.717) is 16.9 Å². The van der Waals surface area contributed by atoms with Crippen LogP contribution in [0.5, 0.6) is 0 Å². The molecule has 0 aliphatic heterocycles. The summed E-state index contributed by atoms with van der Waals surface area (Å²) >= 11 is 0. The van der Waals surface area contributed by atoms with Crippen molar-refractivity contribution in [1.82, 2.24) is 14.3 Å². The van der Waals surface area contributed by atoms with Gasteiger partial charge in [0, 0.05) is 30.8 Å². The molecule has 0 spiro atoms. The van der Waals surface area contributed by atoms with E-state index < -0.39 is 0 Å². The SMILES string of the molecule is Cc1c(C(=O)Nc2ccc(F)c(-n3cccc3)c2)cnn1C. The maximum Gasteiger partial charge on any atom is 0.259 e. The molecule has 1 aromatic carbocycles. The third-order valence-electron chi connectivity index (χ3n) is 3.57. The summed E-state index contributed by atoms with van der Waals surface area (Å²) in [5.74, 6) is -0.623. The van der Waals surface area contributed by atoms with Gasteiger partial charge in [-0.25, -0.2) is 4.39 Å². The van der Waals surface area contributed by atoms with Gasteiger partial charge in [0.25, 0.3) is 5.91 Å². The van der Waals surface area contributed by atoms with E-state index in [2.05, 4.69) is 10.4 Å². The number of hydrogen-bond acceptors (Lipinski definition) is 2. The van der Waals surface area contributed by atoms with Gasteiger partial charge < -0.3 is 9.88 Å². The van der Waals surface area contributed by atoms with E-state index in [4.69, 9.17) is 0 Å². The highest BCUT2D eigenvalue weighted by Crippen LogP contribution is 2.20. The van der Waals surface area contributed by atoms with Crippen LogP contribution in [0, 0.1) is 12.7 Å². The second-order valence-corrected chi connectivity index (χ2v) is 4.98. The van der Waals surface area contributed by atoms with E-state index in [1.807, 2.05) is 19.1 Å². The predicted octanol–water partition coefficient (Wildman–Crippen LogP) is 2.91. The predicted molar refractivity (Wildman–Crippen MR) is 81.6 cm³/mol. The molecule has 6 heteroatoms. The van der Waals surface area contributed by atoms with Crippen LogP contribution in [0.15, 0.2) is 48.9 Å². The average Bonchev–Trinajstić information content (AvgIpc) is 3.13. The van der Waals surface area contributed by atoms with E-state index >= 15 is 0 Å². The van der Waals surface area contributed by atoms with Gasteiger partial charge in [-0.2, -0.15) is 5.10 Å². The molecule has 0 unspecified atom stereocenters. The van der Waals surface area contributed by atoms with Gasteiger partial charge in [-0.3, -0.25) is 9.48 Å². The van der Waals surface area contributed by atoms with Gasteiger partial charge in [0.2, 0.25) is 0 Å². The molecule has 2 aromatic heterocycles. The minimum atomic E-state index is -0.355. The second-order valence-electron chi connectivity index (χ2n) is 4.98. The number of amides is 1. The summed E-state index contributed by atoms with van der Waals surface area (Å²) in [4.78, 5) is 12.3. The molecular weight excluding hydrogens is 283 g/mol. The van der Waals surface area contributed by atoms with Crippen molar-refractivity contribution < 1.29 is 9.18 Å². The van der Waals surface area contributed by atoms with E-state index in [0.717, 1.165) is 5.69 Å². The zero-order valence-electron chi connectivity index (χ0n) is 12.2. The molecule has 0 bridgehead atoms. The molecular formula is C16H15FN4O. The highest BCUT2D eigenvalue weighted by molar-refractivity contribution is 6.05. The molecule has 0 fully saturated rings. The van der Waals surface area contributed by atoms with Crippen molar-refractivity contribution in [3.05, 3.63) is 66.0 Å². The standard InChI is InChI=1S/C16H15FN4O/c1-11-13(10-18-20(11)2)16(22)19-12-5-6-14(17)15(9-12)21-7-3-4-8-21/h3-10H,1-2H3,(H,19,22). The van der Waals surface area contributed by atoms with Crippen LogP contribution in [-0.2, 0) is 7.05 Å². The normalized spacial score (nSPS) is 10.7. The van der Waals surface area contributed by atoms with Crippen molar-refractivity contribution in [2.75, 3.05) is 5.32 Å². The highest BCUT2D eigenvalue weighted by atomic mass is 19.1. The summed E-state index contributed by atoms with van der Waals surface area (Å²) in [6.07, 6.45) is 5.01. The summed E-state index contributed by atoms with van der Waals surface area (Å²) in [6.45, 7) is 1.82. The van der Waals surface area contributed by atoms with Crippen molar-refractivity contribution in [3.8, 4) is 5.69 Å². The first-order valence-electron chi connectivity index (χ1n) is 6.79. The molecule has 112 valence electrons. The van der Waals surface area contributed by atoms with Gasteiger partial charge >= 0.3 is 0 Å². The number of rotatable bonds is 3. The lowest BCUT2D eigenvalue weighted by molar-refractivity contribution is 0.102. The molecule has 0 aliphatic rings. The Morgan fingerprint density at radius 3 is 2.64 bits per heavy atom. The molecule has 3 rings (SSSR count). The van der Waals surface area contributed by atoms with E-state index in [9.17, 15) is 9.18 Å². The van der Waals surface area contributed by atoms with Crippen molar-refractivity contribution >= 4 is 11.6 Å². The molecule has 0 aliphatic carbocycles. The van der Waals surface area contributed by atoms with Crippen LogP contribution in [0.25, 0.3) is 5.69 Å². The third-order valence-corrected chi connectivity index (χ3v) is 3.57. The molecule has 0 atom stereocenters. The third kappa shape index (κ3) is 2.50. The zero-order chi connectivity index (χ0) is 15.7. The number of nitrogens with one attached hydrogen (secondary N) is 1. The largest absolute Gasteiger partial charge is 0.322 e. The molecule has 5 nitrogen and oxygen atoms in total. The molecule has 3 aromatic rings. The van der Waals surface area contributed by atoms with Crippen molar-refractivity contribution in [3.63, 3.8) is 0 Å². The first-order chi connectivity index (χ1) is 10.6. The van der Waals surface area contributed by atoms with Crippen LogP contribution < -0.4 is 5.32 Å². The van der Waals surface area contributed by atoms with Crippen molar-refractivity contribution in [1.29, 1.82) is 0 Å². The van der Waals surface area contributed by atoms with Crippen LogP contribution in [0.1, 0.15) is 16.1 Å². The van der Waals surface area contributed by atoms with E-state index in [-0.39, 0.29) is 11.7 Å². The van der Waals surface area contributed by atoms with Gasteiger partial charge in [0.15, 0.2) is 0 Å². The Bertz CT molecular complexity index is 821. The molecule has 22 heavy (non-hydrogen) atoms. The Hall–Kier alpha value is -2.89. The monoisotopic (exact) mass is 298 g/mol. The number of nitrogens with zero attached hydrogens (tertiary/aromatic N) is 3. The Labute approximate surface area is 127 Å². The Morgan fingerprint density at radius 1 is 1.27 bits per heavy atom. The lowest BCUT2D eigenvalue weighted by Gasteiger charge is -2.09. The topological polar surface area (TPSA) is 51.9 Å². The number of anilines is 1. The number of carbonyl (C=O) groups is 1. The maximum atomic E-state index is 13.9. The average molecular weight is 298 g/mol. The Kier molecular flexibility index (Phi) is 3.50. The first kappa shape index (κ1) is 14.1. The number of halogens is 1. The fraction of sp³-hybridized carbons (Fsp3) is 0.125. The van der Waals surface area contributed by atoms with Crippen LogP contribution in [0.3, 0.4) is 0 Å². The summed E-state index contributed by atoms with van der Waals surface area (Å²) in [5, 5.41) is 6.81. The number of aryl methyl sites for hydroxylation is 1. The highest BCUT2D eigenvalue weighted by Gasteiger charge is 2.14. The fourth-order valence-corrected chi connectivity index (χ4v) is 2.20. The lowest BCUT2D eigenvalue weighted by Crippen LogP contribution is -2.13. The van der Waals surface area contributed by atoms with Gasteiger partial charge in [-0.1, -0.05) is 0 Å². The smallest absolute Gasteiger partial charge is 0.259 e. The fourth-order valence-electron chi connectivity index (χ4n) is 2.20. The molecule has 1 N–H and O–H groups in total. The summed E-state index contributed by atoms with van der Waals surface area (Å²) < 4.78 is 17.2. The number of carbonyl (C=O) groups excluding carboxylic acids is 1. The first-order valence-corrected chi connectivity index (χ1v) is 6.79. The van der Waals surface area contributed by atoms with Gasteiger partial charge in [0.05, 0.1) is 17.4 Å². The summed E-state index contributed by atoms with van der Waals surface area (Å²) in [7, 11) is 1.77. The van der Waals surface area contributed by atoms with Gasteiger partial charge in [-0.15, -0.1) is 0 Å². The second kappa shape index (κ2) is 5.48. The molecule has 0 saturated carbocycles. The molecule has 2 heterocycles. The maximum absolute atomic E-state index is 13.9. The minimum Gasteiger partial charge on any atom is -0.322 e. The number of benzene rings is 1. The number of aromatic nitrogens is 3. The van der Waals surface area contributed by atoms with Gasteiger partial charge in [0.1, 0.15) is 5.82 Å². The van der Waals surface area contributed by atoms with Crippen LogP contribution >= 0.6 is 0 Å². The zero-order valence-corrected chi connectivity index (χ0v) is 12.2. The van der Waals surface area contributed by atoms with E-state index in [1.165, 1.54) is 18.3 Å². The minimum absolute atomic E-state index is 0.268. The molecule has 0 saturated heterocycles. The van der Waals surface area contributed by atoms with E-state index in [1.54, 1.807) is 34.8 Å². The summed E-state index contributed by atoms with van der Waals surface area (Å²) in [5.41, 5.74) is 2.17. The molecule has 1 amide bonds. The van der Waals surface area contributed by atoms with Crippen LogP contribution in [-0.4, -0.2) is 20.3 Å². The van der Waals surface area contributed by atoms with Crippen LogP contribution in [0.2, 0.25) is 0 Å². The van der Waals surface area contributed by atoms with Gasteiger partial charge in [-0.05, 0) is 37.3 Å².